The molecule has 1 aromatic rings. The number of hydrogen-bond donors (Lipinski definition) is 1. The van der Waals surface area contributed by atoms with Crippen molar-refractivity contribution >= 4 is 17.8 Å². The molecule has 4 fully saturated rings. The van der Waals surface area contributed by atoms with Crippen molar-refractivity contribution in [2.24, 2.45) is 50.2 Å². The lowest BCUT2D eigenvalue weighted by Gasteiger charge is -2.70. The Kier molecular flexibility index (Phi) is 6.03. The number of aliphatic carboxylic acids is 1. The van der Waals surface area contributed by atoms with E-state index in [1.54, 1.807) is 12.4 Å². The first kappa shape index (κ1) is 27.9. The lowest BCUT2D eigenvalue weighted by molar-refractivity contribution is -0.184. The molecule has 4 heteroatoms. The molecule has 216 valence electrons. The molecule has 40 heavy (non-hydrogen) atoms. The Morgan fingerprint density at radius 1 is 0.950 bits per heavy atom. The molecule has 0 unspecified atom stereocenters. The van der Waals surface area contributed by atoms with E-state index in [0.29, 0.717) is 17.6 Å². The minimum atomic E-state index is -0.606. The lowest BCUT2D eigenvalue weighted by Crippen LogP contribution is -2.65. The van der Waals surface area contributed by atoms with Gasteiger partial charge in [0.1, 0.15) is 0 Å². The van der Waals surface area contributed by atoms with E-state index in [0.717, 1.165) is 68.9 Å². The highest BCUT2D eigenvalue weighted by atomic mass is 16.4. The molecule has 0 aliphatic heterocycles. The SMILES string of the molecule is CC1(C)CC[C@]2(C(=O)O)CC[C@]3(C)C(=CC[C@@H]4[C@@]5(C)C/C(=C\c6ccncc6)C(=O)C(C)(C)[C@@H]5CC[C@]43C)[C@@H]2C1. The van der Waals surface area contributed by atoms with Crippen LogP contribution in [0.25, 0.3) is 6.08 Å². The molecule has 1 N–H and O–H groups in total. The zero-order valence-electron chi connectivity index (χ0n) is 25.8. The fraction of sp³-hybridized carbons (Fsp3) is 0.694. The summed E-state index contributed by atoms with van der Waals surface area (Å²) in [5.41, 5.74) is 2.70. The monoisotopic (exact) mass is 543 g/mol. The Bertz CT molecular complexity index is 1310. The van der Waals surface area contributed by atoms with E-state index in [-0.39, 0.29) is 27.6 Å². The summed E-state index contributed by atoms with van der Waals surface area (Å²) >= 11 is 0. The molecule has 0 bridgehead atoms. The Morgan fingerprint density at radius 2 is 1.62 bits per heavy atom. The minimum absolute atomic E-state index is 0.00147. The highest BCUT2D eigenvalue weighted by molar-refractivity contribution is 6.04. The topological polar surface area (TPSA) is 67.3 Å². The fourth-order valence-electron chi connectivity index (χ4n) is 11.3. The van der Waals surface area contributed by atoms with Crippen LogP contribution >= 0.6 is 0 Å². The van der Waals surface area contributed by atoms with Crippen LogP contribution in [-0.2, 0) is 9.59 Å². The predicted octanol–water partition coefficient (Wildman–Crippen LogP) is 8.53. The number of pyridine rings is 1. The van der Waals surface area contributed by atoms with Crippen molar-refractivity contribution in [1.82, 2.24) is 4.98 Å². The third kappa shape index (κ3) is 3.59. The van der Waals surface area contributed by atoms with Gasteiger partial charge in [-0.3, -0.25) is 14.6 Å². The molecule has 0 aromatic carbocycles. The number of nitrogens with zero attached hydrogens (tertiary/aromatic N) is 1. The van der Waals surface area contributed by atoms with Gasteiger partial charge in [-0.15, -0.1) is 0 Å². The normalized spacial score (nSPS) is 44.5. The molecular weight excluding hydrogens is 494 g/mol. The Balaban J connectivity index is 1.45. The van der Waals surface area contributed by atoms with E-state index < -0.39 is 16.8 Å². The minimum Gasteiger partial charge on any atom is -0.481 e. The highest BCUT2D eigenvalue weighted by Gasteiger charge is 2.69. The van der Waals surface area contributed by atoms with E-state index >= 15 is 0 Å². The molecule has 4 nitrogen and oxygen atoms in total. The summed E-state index contributed by atoms with van der Waals surface area (Å²) in [6.45, 7) is 16.6. The van der Waals surface area contributed by atoms with Crippen LogP contribution in [-0.4, -0.2) is 21.8 Å². The van der Waals surface area contributed by atoms with E-state index in [2.05, 4.69) is 65.6 Å². The van der Waals surface area contributed by atoms with Crippen molar-refractivity contribution in [2.75, 3.05) is 0 Å². The van der Waals surface area contributed by atoms with Gasteiger partial charge in [0.05, 0.1) is 5.41 Å². The number of carbonyl (C=O) groups is 2. The van der Waals surface area contributed by atoms with Crippen LogP contribution in [0, 0.1) is 50.2 Å². The number of Topliss-reactive ketones (excluding diaryl/α,β-unsaturated/α-hetero) is 1. The van der Waals surface area contributed by atoms with Crippen molar-refractivity contribution in [3.63, 3.8) is 0 Å². The van der Waals surface area contributed by atoms with Gasteiger partial charge in [0.25, 0.3) is 0 Å². The average Bonchev–Trinajstić information content (AvgIpc) is 2.87. The first-order valence-electron chi connectivity index (χ1n) is 15.7. The van der Waals surface area contributed by atoms with Gasteiger partial charge in [-0.25, -0.2) is 0 Å². The number of ketones is 1. The van der Waals surface area contributed by atoms with Crippen LogP contribution in [0.2, 0.25) is 0 Å². The molecule has 6 rings (SSSR count). The Hall–Kier alpha value is -2.23. The molecule has 1 aromatic heterocycles. The van der Waals surface area contributed by atoms with Gasteiger partial charge < -0.3 is 5.11 Å². The van der Waals surface area contributed by atoms with Crippen LogP contribution in [0.1, 0.15) is 112 Å². The van der Waals surface area contributed by atoms with Gasteiger partial charge in [0, 0.05) is 17.8 Å². The van der Waals surface area contributed by atoms with Gasteiger partial charge in [0.2, 0.25) is 0 Å². The second kappa shape index (κ2) is 8.65. The Labute approximate surface area is 241 Å². The van der Waals surface area contributed by atoms with E-state index in [1.165, 1.54) is 5.57 Å². The first-order chi connectivity index (χ1) is 18.6. The molecule has 7 atom stereocenters. The van der Waals surface area contributed by atoms with Crippen LogP contribution in [0.15, 0.2) is 41.7 Å². The summed E-state index contributed by atoms with van der Waals surface area (Å²) in [5.74, 6) is 0.658. The molecular formula is C36H49NO3. The number of rotatable bonds is 2. The maximum absolute atomic E-state index is 13.9. The second-order valence-electron chi connectivity index (χ2n) is 16.4. The summed E-state index contributed by atoms with van der Waals surface area (Å²) in [4.78, 5) is 31.0. The van der Waals surface area contributed by atoms with Crippen LogP contribution in [0.4, 0.5) is 0 Å². The highest BCUT2D eigenvalue weighted by Crippen LogP contribution is 2.75. The molecule has 5 aliphatic rings. The van der Waals surface area contributed by atoms with E-state index in [4.69, 9.17) is 0 Å². The molecule has 0 amide bonds. The van der Waals surface area contributed by atoms with Gasteiger partial charge >= 0.3 is 5.97 Å². The Morgan fingerprint density at radius 3 is 2.30 bits per heavy atom. The van der Waals surface area contributed by atoms with Crippen molar-refractivity contribution in [3.8, 4) is 0 Å². The van der Waals surface area contributed by atoms with Crippen molar-refractivity contribution in [3.05, 3.63) is 47.3 Å². The standard InChI is InChI=1S/C36H49NO3/c1-31(2)14-16-36(30(39)40)17-15-34(6)25(26(36)22-31)8-9-28-33(5)21-24(20-23-11-18-37-19-12-23)29(38)32(3,4)27(33)10-13-35(28,34)7/h8,11-12,18-20,26-28H,9-10,13-17,21-22H2,1-7H3,(H,39,40)/b24-20+/t26-,27-,28+,33-,34+,35+,36-/m0/s1. The number of carboxylic acid groups (broad SMARTS) is 1. The van der Waals surface area contributed by atoms with Crippen molar-refractivity contribution < 1.29 is 14.7 Å². The van der Waals surface area contributed by atoms with Gasteiger partial charge in [-0.2, -0.15) is 0 Å². The summed E-state index contributed by atoms with van der Waals surface area (Å²) in [7, 11) is 0. The second-order valence-corrected chi connectivity index (χ2v) is 16.4. The van der Waals surface area contributed by atoms with E-state index in [9.17, 15) is 14.7 Å². The zero-order chi connectivity index (χ0) is 28.9. The largest absolute Gasteiger partial charge is 0.481 e. The third-order valence-corrected chi connectivity index (χ3v) is 13.7. The number of hydrogen-bond acceptors (Lipinski definition) is 3. The maximum Gasteiger partial charge on any atom is 0.310 e. The number of aromatic nitrogens is 1. The average molecular weight is 544 g/mol. The quantitative estimate of drug-likeness (QED) is 0.300. The fourth-order valence-corrected chi connectivity index (χ4v) is 11.3. The zero-order valence-corrected chi connectivity index (χ0v) is 25.8. The molecule has 0 saturated heterocycles. The smallest absolute Gasteiger partial charge is 0.310 e. The number of carboxylic acids is 1. The van der Waals surface area contributed by atoms with Crippen LogP contribution in [0.3, 0.4) is 0 Å². The van der Waals surface area contributed by atoms with Crippen LogP contribution < -0.4 is 0 Å². The summed E-state index contributed by atoms with van der Waals surface area (Å²) in [6.07, 6.45) is 16.7. The molecule has 4 saturated carbocycles. The van der Waals surface area contributed by atoms with Gasteiger partial charge in [-0.05, 0) is 127 Å². The van der Waals surface area contributed by atoms with Crippen molar-refractivity contribution in [2.45, 2.75) is 106 Å². The summed E-state index contributed by atoms with van der Waals surface area (Å²) in [6, 6.07) is 3.98. The summed E-state index contributed by atoms with van der Waals surface area (Å²) < 4.78 is 0. The van der Waals surface area contributed by atoms with Gasteiger partial charge in [-0.1, -0.05) is 60.1 Å². The number of fused-ring (bicyclic) bond motifs is 7. The van der Waals surface area contributed by atoms with E-state index in [1.807, 2.05) is 12.1 Å². The summed E-state index contributed by atoms with van der Waals surface area (Å²) in [5, 5.41) is 10.6. The lowest BCUT2D eigenvalue weighted by atomic mass is 9.33. The molecule has 0 spiro atoms. The van der Waals surface area contributed by atoms with Crippen LogP contribution in [0.5, 0.6) is 0 Å². The molecule has 5 aliphatic carbocycles. The molecule has 1 heterocycles. The first-order valence-corrected chi connectivity index (χ1v) is 15.7. The maximum atomic E-state index is 13.9. The van der Waals surface area contributed by atoms with Crippen molar-refractivity contribution in [1.29, 1.82) is 0 Å². The predicted molar refractivity (Wildman–Crippen MR) is 159 cm³/mol. The molecule has 0 radical (unpaired) electrons. The number of carbonyl (C=O) groups excluding carboxylic acids is 1. The third-order valence-electron chi connectivity index (χ3n) is 13.7. The number of allylic oxidation sites excluding steroid dienone is 3. The van der Waals surface area contributed by atoms with Gasteiger partial charge in [0.15, 0.2) is 5.78 Å².